The van der Waals surface area contributed by atoms with Crippen molar-refractivity contribution in [3.63, 3.8) is 0 Å². The van der Waals surface area contributed by atoms with Gasteiger partial charge in [0.25, 0.3) is 5.91 Å². The predicted molar refractivity (Wildman–Crippen MR) is 91.6 cm³/mol. The van der Waals surface area contributed by atoms with E-state index < -0.39 is 15.9 Å². The molecule has 5 nitrogen and oxygen atoms in total. The van der Waals surface area contributed by atoms with Crippen LogP contribution in [0.4, 0.5) is 5.69 Å². The van der Waals surface area contributed by atoms with Crippen LogP contribution in [0.2, 0.25) is 5.02 Å². The predicted octanol–water partition coefficient (Wildman–Crippen LogP) is 3.12. The molecule has 2 N–H and O–H groups in total. The Kier molecular flexibility index (Phi) is 5.09. The number of sulfonamides is 1. The minimum atomic E-state index is -3.64. The van der Waals surface area contributed by atoms with Crippen molar-refractivity contribution in [2.45, 2.75) is 18.7 Å². The van der Waals surface area contributed by atoms with Crippen LogP contribution >= 0.6 is 11.6 Å². The lowest BCUT2D eigenvalue weighted by atomic mass is 10.1. The van der Waals surface area contributed by atoms with Crippen molar-refractivity contribution >= 4 is 33.2 Å². The molecule has 23 heavy (non-hydrogen) atoms. The lowest BCUT2D eigenvalue weighted by Gasteiger charge is -2.10. The fourth-order valence-corrected chi connectivity index (χ4v) is 2.94. The zero-order valence-corrected chi connectivity index (χ0v) is 14.5. The van der Waals surface area contributed by atoms with E-state index in [1.807, 2.05) is 26.0 Å². The zero-order chi connectivity index (χ0) is 17.2. The van der Waals surface area contributed by atoms with Crippen molar-refractivity contribution in [2.75, 3.05) is 12.4 Å². The fraction of sp³-hybridized carbons (Fsp3) is 0.188. The van der Waals surface area contributed by atoms with Gasteiger partial charge in [-0.1, -0.05) is 17.7 Å². The third-order valence-corrected chi connectivity index (χ3v) is 5.27. The van der Waals surface area contributed by atoms with Crippen molar-refractivity contribution in [3.8, 4) is 0 Å². The summed E-state index contributed by atoms with van der Waals surface area (Å²) in [5.74, 6) is -0.466. The molecule has 1 amide bonds. The van der Waals surface area contributed by atoms with Gasteiger partial charge in [-0.2, -0.15) is 0 Å². The van der Waals surface area contributed by atoms with Crippen LogP contribution in [0.5, 0.6) is 0 Å². The quantitative estimate of drug-likeness (QED) is 0.887. The Balaban J connectivity index is 2.35. The second-order valence-corrected chi connectivity index (χ2v) is 7.40. The highest BCUT2D eigenvalue weighted by atomic mass is 35.5. The minimum Gasteiger partial charge on any atom is -0.322 e. The van der Waals surface area contributed by atoms with Crippen molar-refractivity contribution in [1.29, 1.82) is 0 Å². The molecule has 0 fully saturated rings. The van der Waals surface area contributed by atoms with Crippen LogP contribution in [0.15, 0.2) is 41.3 Å². The summed E-state index contributed by atoms with van der Waals surface area (Å²) < 4.78 is 25.9. The van der Waals surface area contributed by atoms with E-state index in [0.29, 0.717) is 5.69 Å². The number of amides is 1. The Morgan fingerprint density at radius 3 is 2.35 bits per heavy atom. The van der Waals surface area contributed by atoms with E-state index in [9.17, 15) is 13.2 Å². The summed E-state index contributed by atoms with van der Waals surface area (Å²) in [5.41, 5.74) is 2.88. The Morgan fingerprint density at radius 2 is 1.74 bits per heavy atom. The lowest BCUT2D eigenvalue weighted by Crippen LogP contribution is -2.20. The molecule has 0 saturated carbocycles. The van der Waals surface area contributed by atoms with Gasteiger partial charge in [-0.15, -0.1) is 0 Å². The molecule has 122 valence electrons. The Bertz CT molecular complexity index is 864. The summed E-state index contributed by atoms with van der Waals surface area (Å²) in [6.07, 6.45) is 0. The molecule has 2 aromatic rings. The van der Waals surface area contributed by atoms with E-state index >= 15 is 0 Å². The van der Waals surface area contributed by atoms with Gasteiger partial charge in [-0.25, -0.2) is 13.1 Å². The molecule has 0 heterocycles. The average Bonchev–Trinajstić information content (AvgIpc) is 2.51. The fourth-order valence-electron chi connectivity index (χ4n) is 1.98. The van der Waals surface area contributed by atoms with Gasteiger partial charge in [0.05, 0.1) is 15.5 Å². The number of halogens is 1. The molecular weight excluding hydrogens is 336 g/mol. The second-order valence-electron chi connectivity index (χ2n) is 5.10. The molecule has 0 bridgehead atoms. The third kappa shape index (κ3) is 3.90. The highest BCUT2D eigenvalue weighted by Crippen LogP contribution is 2.22. The average molecular weight is 353 g/mol. The topological polar surface area (TPSA) is 75.3 Å². The van der Waals surface area contributed by atoms with Crippen molar-refractivity contribution < 1.29 is 13.2 Å². The first-order chi connectivity index (χ1) is 10.7. The van der Waals surface area contributed by atoms with Gasteiger partial charge in [0.1, 0.15) is 0 Å². The molecule has 0 aliphatic heterocycles. The first-order valence-corrected chi connectivity index (χ1v) is 8.72. The Labute approximate surface area is 140 Å². The van der Waals surface area contributed by atoms with E-state index in [1.165, 1.54) is 25.2 Å². The first-order valence-electron chi connectivity index (χ1n) is 6.86. The van der Waals surface area contributed by atoms with Gasteiger partial charge in [0.15, 0.2) is 0 Å². The number of benzene rings is 2. The summed E-state index contributed by atoms with van der Waals surface area (Å²) in [6, 6.07) is 9.51. The van der Waals surface area contributed by atoms with Crippen molar-refractivity contribution in [1.82, 2.24) is 4.72 Å². The molecule has 0 saturated heterocycles. The van der Waals surface area contributed by atoms with Gasteiger partial charge in [0.2, 0.25) is 10.0 Å². The first kappa shape index (κ1) is 17.5. The number of anilines is 1. The van der Waals surface area contributed by atoms with E-state index in [-0.39, 0.29) is 15.5 Å². The maximum absolute atomic E-state index is 12.4. The number of carbonyl (C=O) groups excluding carboxylic acids is 1. The zero-order valence-electron chi connectivity index (χ0n) is 13.0. The number of carbonyl (C=O) groups is 1. The molecule has 2 rings (SSSR count). The Hall–Kier alpha value is -1.89. The van der Waals surface area contributed by atoms with Crippen LogP contribution in [0.1, 0.15) is 21.5 Å². The van der Waals surface area contributed by atoms with Crippen LogP contribution in [0, 0.1) is 13.8 Å². The molecule has 0 atom stereocenters. The van der Waals surface area contributed by atoms with Gasteiger partial charge < -0.3 is 5.32 Å². The Morgan fingerprint density at radius 1 is 1.04 bits per heavy atom. The highest BCUT2D eigenvalue weighted by molar-refractivity contribution is 7.89. The monoisotopic (exact) mass is 352 g/mol. The van der Waals surface area contributed by atoms with Gasteiger partial charge >= 0.3 is 0 Å². The minimum absolute atomic E-state index is 0.0189. The summed E-state index contributed by atoms with van der Waals surface area (Å²) in [5, 5.41) is 2.91. The third-order valence-electron chi connectivity index (χ3n) is 3.53. The van der Waals surface area contributed by atoms with E-state index in [1.54, 1.807) is 6.07 Å². The van der Waals surface area contributed by atoms with Gasteiger partial charge in [0, 0.05) is 5.69 Å². The van der Waals surface area contributed by atoms with Crippen molar-refractivity contribution in [2.24, 2.45) is 0 Å². The van der Waals surface area contributed by atoms with Crippen LogP contribution < -0.4 is 10.0 Å². The largest absolute Gasteiger partial charge is 0.322 e. The van der Waals surface area contributed by atoms with Gasteiger partial charge in [-0.3, -0.25) is 4.79 Å². The van der Waals surface area contributed by atoms with Crippen LogP contribution in [-0.2, 0) is 10.0 Å². The SMILES string of the molecule is CNS(=O)(=O)c1ccc(Cl)c(C(=O)Nc2ccc(C)c(C)c2)c1. The number of nitrogens with one attached hydrogen (secondary N) is 2. The van der Waals surface area contributed by atoms with Crippen LogP contribution in [0.3, 0.4) is 0 Å². The van der Waals surface area contributed by atoms with Gasteiger partial charge in [-0.05, 0) is 62.4 Å². The smallest absolute Gasteiger partial charge is 0.257 e. The number of aryl methyl sites for hydroxylation is 2. The normalized spacial score (nSPS) is 11.3. The molecule has 0 aromatic heterocycles. The van der Waals surface area contributed by atoms with E-state index in [2.05, 4.69) is 10.0 Å². The summed E-state index contributed by atoms with van der Waals surface area (Å²) in [4.78, 5) is 12.4. The van der Waals surface area contributed by atoms with E-state index in [4.69, 9.17) is 11.6 Å². The standard InChI is InChI=1S/C16H17ClN2O3S/c1-10-4-5-12(8-11(10)2)19-16(20)14-9-13(6-7-15(14)17)23(21,22)18-3/h4-9,18H,1-3H3,(H,19,20). The molecule has 0 unspecified atom stereocenters. The summed E-state index contributed by atoms with van der Waals surface area (Å²) >= 11 is 6.03. The molecule has 7 heteroatoms. The highest BCUT2D eigenvalue weighted by Gasteiger charge is 2.17. The summed E-state index contributed by atoms with van der Waals surface area (Å²) in [6.45, 7) is 3.92. The van der Waals surface area contributed by atoms with E-state index in [0.717, 1.165) is 11.1 Å². The summed E-state index contributed by atoms with van der Waals surface area (Å²) in [7, 11) is -2.34. The second kappa shape index (κ2) is 6.70. The maximum Gasteiger partial charge on any atom is 0.257 e. The molecule has 0 aliphatic carbocycles. The molecule has 0 radical (unpaired) electrons. The van der Waals surface area contributed by atoms with Crippen LogP contribution in [0.25, 0.3) is 0 Å². The molecule has 2 aromatic carbocycles. The molecule has 0 aliphatic rings. The van der Waals surface area contributed by atoms with Crippen LogP contribution in [-0.4, -0.2) is 21.4 Å². The number of hydrogen-bond acceptors (Lipinski definition) is 3. The maximum atomic E-state index is 12.4. The number of hydrogen-bond donors (Lipinski definition) is 2. The molecular formula is C16H17ClN2O3S. The lowest BCUT2D eigenvalue weighted by molar-refractivity contribution is 0.102. The number of rotatable bonds is 4. The molecule has 0 spiro atoms. The van der Waals surface area contributed by atoms with Crippen molar-refractivity contribution in [3.05, 3.63) is 58.1 Å².